The number of carbonyl (C=O) groups excluding carboxylic acids is 1. The molecule has 0 saturated carbocycles. The lowest BCUT2D eigenvalue weighted by Crippen LogP contribution is -2.23. The van der Waals surface area contributed by atoms with Crippen LogP contribution >= 0.6 is 11.6 Å². The highest BCUT2D eigenvalue weighted by molar-refractivity contribution is 6.31. The number of ketones is 1. The van der Waals surface area contributed by atoms with E-state index in [-0.39, 0.29) is 22.4 Å². The molecule has 2 heterocycles. The minimum absolute atomic E-state index is 0.0174. The van der Waals surface area contributed by atoms with Crippen molar-refractivity contribution >= 4 is 28.3 Å². The van der Waals surface area contributed by atoms with E-state index in [1.807, 2.05) is 32.0 Å². The summed E-state index contributed by atoms with van der Waals surface area (Å²) in [5.41, 5.74) is 9.94. The predicted octanol–water partition coefficient (Wildman–Crippen LogP) is 4.18. The van der Waals surface area contributed by atoms with Gasteiger partial charge in [-0.25, -0.2) is 4.98 Å². The second kappa shape index (κ2) is 6.47. The standard InChI is InChI=1S/C20H18ClN3O2/c1-9-5-6-13-7-14(19(21)24-18(13)10(9)2)17-15(8-22)20(23)26-12(4)16(17)11(3)25/h5-7,17H,23H2,1-4H3/t17-/m1/s1. The zero-order valence-electron chi connectivity index (χ0n) is 15.0. The Labute approximate surface area is 156 Å². The van der Waals surface area contributed by atoms with Gasteiger partial charge in [-0.3, -0.25) is 4.79 Å². The second-order valence-corrected chi connectivity index (χ2v) is 6.76. The Morgan fingerprint density at radius 1 is 1.35 bits per heavy atom. The van der Waals surface area contributed by atoms with Crippen LogP contribution < -0.4 is 5.73 Å². The van der Waals surface area contributed by atoms with E-state index in [0.717, 1.165) is 22.0 Å². The number of nitriles is 1. The maximum Gasteiger partial charge on any atom is 0.205 e. The van der Waals surface area contributed by atoms with Gasteiger partial charge >= 0.3 is 0 Å². The number of ether oxygens (including phenoxy) is 1. The lowest BCUT2D eigenvalue weighted by atomic mass is 9.81. The van der Waals surface area contributed by atoms with Crippen LogP contribution in [0.15, 0.2) is 41.0 Å². The van der Waals surface area contributed by atoms with E-state index in [1.165, 1.54) is 6.92 Å². The third-order valence-corrected chi connectivity index (χ3v) is 5.09. The Balaban J connectivity index is 2.33. The van der Waals surface area contributed by atoms with Gasteiger partial charge < -0.3 is 10.5 Å². The fourth-order valence-corrected chi connectivity index (χ4v) is 3.57. The number of halogens is 1. The summed E-state index contributed by atoms with van der Waals surface area (Å²) in [6, 6.07) is 7.88. The highest BCUT2D eigenvalue weighted by Gasteiger charge is 2.35. The van der Waals surface area contributed by atoms with Gasteiger partial charge in [0.25, 0.3) is 0 Å². The fourth-order valence-electron chi connectivity index (χ4n) is 3.33. The maximum atomic E-state index is 12.3. The van der Waals surface area contributed by atoms with Crippen molar-refractivity contribution in [3.8, 4) is 6.07 Å². The van der Waals surface area contributed by atoms with Crippen molar-refractivity contribution < 1.29 is 9.53 Å². The smallest absolute Gasteiger partial charge is 0.205 e. The number of allylic oxidation sites excluding steroid dienone is 3. The van der Waals surface area contributed by atoms with Gasteiger partial charge in [0.2, 0.25) is 5.88 Å². The molecule has 2 aromatic rings. The fraction of sp³-hybridized carbons (Fsp3) is 0.250. The van der Waals surface area contributed by atoms with E-state index in [0.29, 0.717) is 16.9 Å². The largest absolute Gasteiger partial charge is 0.445 e. The Bertz CT molecular complexity index is 1060. The number of aromatic nitrogens is 1. The minimum Gasteiger partial charge on any atom is -0.445 e. The molecule has 5 nitrogen and oxygen atoms in total. The molecule has 1 aromatic carbocycles. The molecule has 0 bridgehead atoms. The zero-order valence-corrected chi connectivity index (χ0v) is 15.7. The number of rotatable bonds is 2. The quantitative estimate of drug-likeness (QED) is 0.804. The number of nitrogens with zero attached hydrogens (tertiary/aromatic N) is 2. The van der Waals surface area contributed by atoms with Crippen LogP contribution in [0.2, 0.25) is 5.15 Å². The van der Waals surface area contributed by atoms with Crippen LogP contribution in [0.5, 0.6) is 0 Å². The topological polar surface area (TPSA) is 89.0 Å². The molecule has 0 unspecified atom stereocenters. The molecule has 0 fully saturated rings. The van der Waals surface area contributed by atoms with Crippen molar-refractivity contribution in [2.45, 2.75) is 33.6 Å². The second-order valence-electron chi connectivity index (χ2n) is 6.40. The van der Waals surface area contributed by atoms with Gasteiger partial charge in [-0.05, 0) is 44.9 Å². The first-order valence-corrected chi connectivity index (χ1v) is 8.49. The minimum atomic E-state index is -0.697. The summed E-state index contributed by atoms with van der Waals surface area (Å²) < 4.78 is 5.41. The van der Waals surface area contributed by atoms with E-state index < -0.39 is 5.92 Å². The van der Waals surface area contributed by atoms with Gasteiger partial charge in [0.15, 0.2) is 5.78 Å². The summed E-state index contributed by atoms with van der Waals surface area (Å²) in [4.78, 5) is 16.8. The number of aryl methyl sites for hydroxylation is 2. The first-order valence-electron chi connectivity index (χ1n) is 8.11. The normalized spacial score (nSPS) is 17.3. The molecule has 0 spiro atoms. The van der Waals surface area contributed by atoms with Crippen LogP contribution in [0.3, 0.4) is 0 Å². The summed E-state index contributed by atoms with van der Waals surface area (Å²) in [7, 11) is 0. The number of Topliss-reactive ketones (excluding diaryl/α,β-unsaturated/α-hetero) is 1. The Kier molecular flexibility index (Phi) is 4.47. The average Bonchev–Trinajstić information content (AvgIpc) is 2.57. The highest BCUT2D eigenvalue weighted by atomic mass is 35.5. The number of pyridine rings is 1. The van der Waals surface area contributed by atoms with Crippen LogP contribution in [0.25, 0.3) is 10.9 Å². The molecule has 1 aliphatic rings. The Morgan fingerprint density at radius 2 is 2.04 bits per heavy atom. The van der Waals surface area contributed by atoms with Crippen LogP contribution in [0.1, 0.15) is 36.5 Å². The van der Waals surface area contributed by atoms with Gasteiger partial charge in [0, 0.05) is 16.5 Å². The van der Waals surface area contributed by atoms with Gasteiger partial charge in [-0.1, -0.05) is 23.7 Å². The van der Waals surface area contributed by atoms with E-state index in [1.54, 1.807) is 6.92 Å². The van der Waals surface area contributed by atoms with Crippen molar-refractivity contribution in [3.05, 3.63) is 62.8 Å². The molecule has 0 aliphatic carbocycles. The molecule has 132 valence electrons. The van der Waals surface area contributed by atoms with Gasteiger partial charge in [0.1, 0.15) is 22.6 Å². The van der Waals surface area contributed by atoms with Gasteiger partial charge in [0.05, 0.1) is 11.4 Å². The van der Waals surface area contributed by atoms with Crippen molar-refractivity contribution in [2.24, 2.45) is 5.73 Å². The van der Waals surface area contributed by atoms with Crippen LogP contribution in [-0.2, 0) is 9.53 Å². The molecular weight excluding hydrogens is 350 g/mol. The lowest BCUT2D eigenvalue weighted by molar-refractivity contribution is -0.114. The van der Waals surface area contributed by atoms with Gasteiger partial charge in [-0.2, -0.15) is 5.26 Å². The molecule has 0 radical (unpaired) electrons. The third kappa shape index (κ3) is 2.73. The van der Waals surface area contributed by atoms with Crippen molar-refractivity contribution in [3.63, 3.8) is 0 Å². The number of hydrogen-bond acceptors (Lipinski definition) is 5. The monoisotopic (exact) mass is 367 g/mol. The van der Waals surface area contributed by atoms with Crippen LogP contribution in [-0.4, -0.2) is 10.8 Å². The summed E-state index contributed by atoms with van der Waals surface area (Å²) >= 11 is 6.49. The highest BCUT2D eigenvalue weighted by Crippen LogP contribution is 2.42. The number of nitrogens with two attached hydrogens (primary N) is 1. The molecule has 26 heavy (non-hydrogen) atoms. The Hall–Kier alpha value is -2.84. The molecule has 2 N–H and O–H groups in total. The third-order valence-electron chi connectivity index (χ3n) is 4.79. The number of benzene rings is 1. The van der Waals surface area contributed by atoms with Crippen molar-refractivity contribution in [1.82, 2.24) is 4.98 Å². The van der Waals surface area contributed by atoms with Crippen molar-refractivity contribution in [1.29, 1.82) is 5.26 Å². The van der Waals surface area contributed by atoms with E-state index in [9.17, 15) is 10.1 Å². The lowest BCUT2D eigenvalue weighted by Gasteiger charge is -2.27. The van der Waals surface area contributed by atoms with Gasteiger partial charge in [-0.15, -0.1) is 0 Å². The number of fused-ring (bicyclic) bond motifs is 1. The summed E-state index contributed by atoms with van der Waals surface area (Å²) in [5.74, 6) is -0.548. The molecular formula is C20H18ClN3O2. The summed E-state index contributed by atoms with van der Waals surface area (Å²) in [6.07, 6.45) is 0. The average molecular weight is 368 g/mol. The van der Waals surface area contributed by atoms with E-state index >= 15 is 0 Å². The molecule has 0 amide bonds. The molecule has 1 atom stereocenters. The van der Waals surface area contributed by atoms with Crippen LogP contribution in [0, 0.1) is 25.2 Å². The molecule has 0 saturated heterocycles. The van der Waals surface area contributed by atoms with Crippen molar-refractivity contribution in [2.75, 3.05) is 0 Å². The zero-order chi connectivity index (χ0) is 19.2. The summed E-state index contributed by atoms with van der Waals surface area (Å²) in [5, 5.41) is 10.7. The first kappa shape index (κ1) is 18.0. The molecule has 6 heteroatoms. The maximum absolute atomic E-state index is 12.3. The number of carbonyl (C=O) groups is 1. The molecule has 1 aliphatic heterocycles. The SMILES string of the molecule is CC(=O)C1=C(C)OC(N)=C(C#N)[C@H]1c1cc2ccc(C)c(C)c2nc1Cl. The van der Waals surface area contributed by atoms with Crippen LogP contribution in [0.4, 0.5) is 0 Å². The predicted molar refractivity (Wildman–Crippen MR) is 100 cm³/mol. The van der Waals surface area contributed by atoms with E-state index in [2.05, 4.69) is 11.1 Å². The molecule has 3 rings (SSSR count). The Morgan fingerprint density at radius 3 is 2.65 bits per heavy atom. The summed E-state index contributed by atoms with van der Waals surface area (Å²) in [6.45, 7) is 7.08. The first-order chi connectivity index (χ1) is 12.3. The van der Waals surface area contributed by atoms with E-state index in [4.69, 9.17) is 22.1 Å². The molecule has 1 aromatic heterocycles. The number of hydrogen-bond donors (Lipinski definition) is 1.